The van der Waals surface area contributed by atoms with Crippen LogP contribution in [-0.4, -0.2) is 47.8 Å². The summed E-state index contributed by atoms with van der Waals surface area (Å²) in [6.45, 7) is 2.86. The average molecular weight is 340 g/mol. The van der Waals surface area contributed by atoms with Gasteiger partial charge in [-0.2, -0.15) is 0 Å². The molecule has 25 heavy (non-hydrogen) atoms. The molecule has 0 radical (unpaired) electrons. The minimum atomic E-state index is -0.351. The van der Waals surface area contributed by atoms with Gasteiger partial charge in [0.05, 0.1) is 24.2 Å². The Bertz CT molecular complexity index is 787. The fraction of sp³-hybridized carbons (Fsp3) is 0.550. The van der Waals surface area contributed by atoms with Crippen molar-refractivity contribution in [3.05, 3.63) is 41.1 Å². The van der Waals surface area contributed by atoms with E-state index in [9.17, 15) is 9.90 Å². The van der Waals surface area contributed by atoms with Crippen LogP contribution in [-0.2, 0) is 14.9 Å². The van der Waals surface area contributed by atoms with E-state index in [-0.39, 0.29) is 23.5 Å². The summed E-state index contributed by atoms with van der Waals surface area (Å²) >= 11 is 0. The number of hydrogen-bond donors (Lipinski definition) is 2. The average Bonchev–Trinajstić information content (AvgIpc) is 3.28. The quantitative estimate of drug-likeness (QED) is 0.807. The third-order valence-electron chi connectivity index (χ3n) is 6.91. The lowest BCUT2D eigenvalue weighted by molar-refractivity contribution is -0.136. The molecule has 1 unspecified atom stereocenters. The van der Waals surface area contributed by atoms with Gasteiger partial charge in [0.2, 0.25) is 0 Å². The SMILES string of the molecule is COC(=O)C1=C2Nc3ccccc3[C@@]23CCN2[C@H]3[C@H](C1)C[C@H]2C(C)O. The molecule has 5 nitrogen and oxygen atoms in total. The van der Waals surface area contributed by atoms with Crippen LogP contribution in [0.15, 0.2) is 35.5 Å². The number of nitrogens with one attached hydrogen (secondary N) is 1. The number of aliphatic hydroxyl groups is 1. The van der Waals surface area contributed by atoms with Gasteiger partial charge < -0.3 is 15.2 Å². The molecule has 132 valence electrons. The number of methoxy groups -OCH3 is 1. The van der Waals surface area contributed by atoms with Crippen LogP contribution in [0.1, 0.15) is 31.7 Å². The highest BCUT2D eigenvalue weighted by Crippen LogP contribution is 2.62. The van der Waals surface area contributed by atoms with E-state index in [0.717, 1.165) is 42.8 Å². The summed E-state index contributed by atoms with van der Waals surface area (Å²) in [5.74, 6) is 0.167. The molecule has 1 spiro atoms. The molecule has 0 aromatic heterocycles. The van der Waals surface area contributed by atoms with Crippen LogP contribution in [0.3, 0.4) is 0 Å². The number of hydrogen-bond acceptors (Lipinski definition) is 5. The van der Waals surface area contributed by atoms with E-state index in [1.165, 1.54) is 12.7 Å². The number of nitrogens with zero attached hydrogens (tertiary/aromatic N) is 1. The normalized spacial score (nSPS) is 36.5. The molecular formula is C20H24N2O3. The molecule has 0 bridgehead atoms. The fourth-order valence-electron chi connectivity index (χ4n) is 6.11. The Morgan fingerprint density at radius 2 is 2.24 bits per heavy atom. The van der Waals surface area contributed by atoms with E-state index in [1.54, 1.807) is 0 Å². The zero-order valence-corrected chi connectivity index (χ0v) is 14.7. The first kappa shape index (κ1) is 15.4. The fourth-order valence-corrected chi connectivity index (χ4v) is 6.11. The van der Waals surface area contributed by atoms with Gasteiger partial charge in [0, 0.05) is 30.0 Å². The van der Waals surface area contributed by atoms with Crippen LogP contribution in [0.5, 0.6) is 0 Å². The predicted octanol–water partition coefficient (Wildman–Crippen LogP) is 2.02. The van der Waals surface area contributed by atoms with Gasteiger partial charge in [-0.25, -0.2) is 4.79 Å². The van der Waals surface area contributed by atoms with Crippen LogP contribution in [0.2, 0.25) is 0 Å². The molecule has 2 fully saturated rings. The molecule has 5 rings (SSSR count). The highest BCUT2D eigenvalue weighted by atomic mass is 16.5. The van der Waals surface area contributed by atoms with E-state index < -0.39 is 0 Å². The van der Waals surface area contributed by atoms with Crippen LogP contribution >= 0.6 is 0 Å². The first-order valence-corrected chi connectivity index (χ1v) is 9.20. The van der Waals surface area contributed by atoms with Gasteiger partial charge in [-0.3, -0.25) is 4.90 Å². The molecule has 2 saturated heterocycles. The first-order chi connectivity index (χ1) is 12.1. The Balaban J connectivity index is 1.73. The number of benzene rings is 1. The van der Waals surface area contributed by atoms with Crippen LogP contribution in [0, 0.1) is 5.92 Å². The largest absolute Gasteiger partial charge is 0.466 e. The highest BCUT2D eigenvalue weighted by Gasteiger charge is 2.65. The summed E-state index contributed by atoms with van der Waals surface area (Å²) in [7, 11) is 1.46. The van der Waals surface area contributed by atoms with Crippen molar-refractivity contribution in [3.8, 4) is 0 Å². The van der Waals surface area contributed by atoms with Crippen molar-refractivity contribution in [2.45, 2.75) is 49.8 Å². The van der Waals surface area contributed by atoms with E-state index >= 15 is 0 Å². The first-order valence-electron chi connectivity index (χ1n) is 9.20. The van der Waals surface area contributed by atoms with Gasteiger partial charge in [0.25, 0.3) is 0 Å². The number of carbonyl (C=O) groups excluding carboxylic acids is 1. The predicted molar refractivity (Wildman–Crippen MR) is 94.1 cm³/mol. The van der Waals surface area contributed by atoms with Crippen molar-refractivity contribution < 1.29 is 14.6 Å². The van der Waals surface area contributed by atoms with Crippen LogP contribution < -0.4 is 5.32 Å². The van der Waals surface area contributed by atoms with Crippen molar-refractivity contribution in [1.29, 1.82) is 0 Å². The highest BCUT2D eigenvalue weighted by molar-refractivity contribution is 5.93. The molecule has 4 aliphatic rings. The molecule has 1 aliphatic carbocycles. The lowest BCUT2D eigenvalue weighted by atomic mass is 9.63. The van der Waals surface area contributed by atoms with Crippen molar-refractivity contribution in [2.24, 2.45) is 5.92 Å². The third kappa shape index (κ3) is 1.78. The lowest BCUT2D eigenvalue weighted by Gasteiger charge is -2.41. The van der Waals surface area contributed by atoms with Crippen molar-refractivity contribution >= 4 is 11.7 Å². The summed E-state index contributed by atoms with van der Waals surface area (Å²) in [6, 6.07) is 8.96. The molecule has 5 heteroatoms. The summed E-state index contributed by atoms with van der Waals surface area (Å²) in [4.78, 5) is 15.1. The van der Waals surface area contributed by atoms with Gasteiger partial charge in [-0.15, -0.1) is 0 Å². The zero-order chi connectivity index (χ0) is 17.3. The van der Waals surface area contributed by atoms with E-state index in [1.807, 2.05) is 13.0 Å². The molecule has 2 N–H and O–H groups in total. The number of para-hydroxylation sites is 1. The minimum absolute atomic E-state index is 0.160. The van der Waals surface area contributed by atoms with Gasteiger partial charge in [0.15, 0.2) is 0 Å². The number of anilines is 1. The summed E-state index contributed by atoms with van der Waals surface area (Å²) < 4.78 is 5.12. The van der Waals surface area contributed by atoms with E-state index in [0.29, 0.717) is 12.0 Å². The second kappa shape index (κ2) is 5.08. The van der Waals surface area contributed by atoms with Crippen molar-refractivity contribution in [3.63, 3.8) is 0 Å². The number of ether oxygens (including phenoxy) is 1. The number of rotatable bonds is 2. The maximum absolute atomic E-state index is 12.6. The molecule has 3 heterocycles. The van der Waals surface area contributed by atoms with Crippen LogP contribution in [0.4, 0.5) is 5.69 Å². The molecule has 0 amide bonds. The molecule has 1 aromatic rings. The summed E-state index contributed by atoms with van der Waals surface area (Å²) in [5, 5.41) is 13.9. The second-order valence-corrected chi connectivity index (χ2v) is 7.93. The minimum Gasteiger partial charge on any atom is -0.466 e. The Hall–Kier alpha value is -1.85. The van der Waals surface area contributed by atoms with Gasteiger partial charge in [-0.05, 0) is 43.7 Å². The second-order valence-electron chi connectivity index (χ2n) is 7.93. The number of carbonyl (C=O) groups is 1. The number of fused-ring (bicyclic) bond motifs is 1. The standard InChI is InChI=1S/C20H24N2O3/c1-11(23)16-10-12-9-13(19(24)25-2)17-20(7-8-22(16)18(12)20)14-5-3-4-6-15(14)21-17/h3-6,11-12,16,18,21,23H,7-10H2,1-2H3/t11?,12-,16+,18+,20+/m1/s1. The smallest absolute Gasteiger partial charge is 0.335 e. The van der Waals surface area contributed by atoms with Crippen molar-refractivity contribution in [1.82, 2.24) is 4.90 Å². The molecule has 5 atom stereocenters. The van der Waals surface area contributed by atoms with Crippen LogP contribution in [0.25, 0.3) is 0 Å². The summed E-state index contributed by atoms with van der Waals surface area (Å²) in [6.07, 6.45) is 2.31. The maximum Gasteiger partial charge on any atom is 0.335 e. The Kier molecular flexibility index (Phi) is 3.13. The summed E-state index contributed by atoms with van der Waals surface area (Å²) in [5.41, 5.74) is 4.10. The molecule has 3 aliphatic heterocycles. The molecule has 0 saturated carbocycles. The lowest BCUT2D eigenvalue weighted by Crippen LogP contribution is -2.48. The topological polar surface area (TPSA) is 61.8 Å². The molecule has 1 aromatic carbocycles. The number of aliphatic hydroxyl groups excluding tert-OH is 1. The maximum atomic E-state index is 12.6. The van der Waals surface area contributed by atoms with E-state index in [2.05, 4.69) is 28.4 Å². The zero-order valence-electron chi connectivity index (χ0n) is 14.7. The Morgan fingerprint density at radius 3 is 3.00 bits per heavy atom. The van der Waals surface area contributed by atoms with Gasteiger partial charge in [0.1, 0.15) is 0 Å². The third-order valence-corrected chi connectivity index (χ3v) is 6.91. The number of esters is 1. The van der Waals surface area contributed by atoms with Gasteiger partial charge >= 0.3 is 5.97 Å². The molecular weight excluding hydrogens is 316 g/mol. The van der Waals surface area contributed by atoms with E-state index in [4.69, 9.17) is 4.74 Å². The van der Waals surface area contributed by atoms with Crippen molar-refractivity contribution in [2.75, 3.05) is 19.0 Å². The monoisotopic (exact) mass is 340 g/mol. The van der Waals surface area contributed by atoms with Gasteiger partial charge in [-0.1, -0.05) is 18.2 Å². The Morgan fingerprint density at radius 1 is 1.44 bits per heavy atom. The Labute approximate surface area is 147 Å².